The topological polar surface area (TPSA) is 93.0 Å². The zero-order chi connectivity index (χ0) is 23.3. The highest BCUT2D eigenvalue weighted by Gasteiger charge is 2.60. The predicted octanol–water partition coefficient (Wildman–Crippen LogP) is 4.95. The van der Waals surface area contributed by atoms with E-state index in [1.54, 1.807) is 12.1 Å². The van der Waals surface area contributed by atoms with Gasteiger partial charge in [0.1, 0.15) is 5.92 Å². The number of halogens is 2. The maximum Gasteiger partial charge on any atom is 0.271 e. The third-order valence-corrected chi connectivity index (χ3v) is 6.45. The van der Waals surface area contributed by atoms with Crippen LogP contribution < -0.4 is 9.96 Å². The molecule has 33 heavy (non-hydrogen) atoms. The minimum absolute atomic E-state index is 0.130. The smallest absolute Gasteiger partial charge is 0.271 e. The summed E-state index contributed by atoms with van der Waals surface area (Å²) in [6, 6.07) is 18.8. The summed E-state index contributed by atoms with van der Waals surface area (Å²) in [7, 11) is 0. The van der Waals surface area contributed by atoms with Crippen molar-refractivity contribution in [2.24, 2.45) is 5.92 Å². The number of anilines is 2. The van der Waals surface area contributed by atoms with Gasteiger partial charge in [0, 0.05) is 12.1 Å². The molecule has 2 aliphatic heterocycles. The van der Waals surface area contributed by atoms with Crippen LogP contribution in [0, 0.1) is 16.0 Å². The highest BCUT2D eigenvalue weighted by atomic mass is 35.5. The number of carbonyl (C=O) groups excluding carboxylic acids is 2. The summed E-state index contributed by atoms with van der Waals surface area (Å²) in [6.45, 7) is 0. The molecular weight excluding hydrogens is 469 g/mol. The average Bonchev–Trinajstić information content (AvgIpc) is 3.32. The van der Waals surface area contributed by atoms with Gasteiger partial charge in [-0.3, -0.25) is 24.5 Å². The summed E-state index contributed by atoms with van der Waals surface area (Å²) in [5.41, 5.74) is 1.27. The lowest BCUT2D eigenvalue weighted by molar-refractivity contribution is -0.384. The number of fused-ring (bicyclic) bond motifs is 1. The number of hydrogen-bond acceptors (Lipinski definition) is 6. The zero-order valence-electron chi connectivity index (χ0n) is 16.8. The molecule has 2 fully saturated rings. The van der Waals surface area contributed by atoms with Crippen molar-refractivity contribution in [3.8, 4) is 0 Å². The minimum Gasteiger partial charge on any atom is -0.273 e. The van der Waals surface area contributed by atoms with Gasteiger partial charge in [0.05, 0.1) is 32.4 Å². The Labute approximate surface area is 198 Å². The van der Waals surface area contributed by atoms with E-state index in [4.69, 9.17) is 28.0 Å². The predicted molar refractivity (Wildman–Crippen MR) is 122 cm³/mol. The van der Waals surface area contributed by atoms with Gasteiger partial charge in [0.25, 0.3) is 11.6 Å². The standard InChI is InChI=1S/C23H15Cl2N3O5/c24-17-10-9-14(12-18(17)25)26-22(29)19-20(13-5-2-1-3-6-13)27(33-21(19)23(26)30)15-7-4-8-16(11-15)28(31)32/h1-12,19-21H/t19-,20+,21-/m1/s1. The molecule has 0 aromatic heterocycles. The van der Waals surface area contributed by atoms with Crippen molar-refractivity contribution in [3.63, 3.8) is 0 Å². The maximum absolute atomic E-state index is 13.5. The largest absolute Gasteiger partial charge is 0.273 e. The van der Waals surface area contributed by atoms with Crippen LogP contribution in [0.4, 0.5) is 17.1 Å². The molecule has 2 heterocycles. The summed E-state index contributed by atoms with van der Waals surface area (Å²) in [4.78, 5) is 44.7. The van der Waals surface area contributed by atoms with Crippen LogP contribution in [0.5, 0.6) is 0 Å². The first-order valence-electron chi connectivity index (χ1n) is 9.95. The van der Waals surface area contributed by atoms with Gasteiger partial charge in [-0.2, -0.15) is 0 Å². The second-order valence-electron chi connectivity index (χ2n) is 7.62. The van der Waals surface area contributed by atoms with E-state index in [0.29, 0.717) is 16.4 Å². The summed E-state index contributed by atoms with van der Waals surface area (Å²) in [5, 5.41) is 13.2. The first-order chi connectivity index (χ1) is 15.9. The van der Waals surface area contributed by atoms with Crippen LogP contribution in [0.3, 0.4) is 0 Å². The Morgan fingerprint density at radius 1 is 0.848 bits per heavy atom. The van der Waals surface area contributed by atoms with Gasteiger partial charge in [-0.15, -0.1) is 0 Å². The molecule has 0 radical (unpaired) electrons. The van der Waals surface area contributed by atoms with Crippen molar-refractivity contribution in [3.05, 3.63) is 98.5 Å². The first-order valence-corrected chi connectivity index (χ1v) is 10.7. The van der Waals surface area contributed by atoms with Crippen LogP contribution >= 0.6 is 23.2 Å². The summed E-state index contributed by atoms with van der Waals surface area (Å²) in [6.07, 6.45) is -1.10. The molecule has 0 bridgehead atoms. The molecule has 2 amide bonds. The van der Waals surface area contributed by atoms with E-state index in [0.717, 1.165) is 10.5 Å². The number of hydroxylamine groups is 1. The lowest BCUT2D eigenvalue weighted by Gasteiger charge is -2.28. The molecule has 0 unspecified atom stereocenters. The molecule has 0 spiro atoms. The van der Waals surface area contributed by atoms with E-state index >= 15 is 0 Å². The fraction of sp³-hybridized carbons (Fsp3) is 0.130. The van der Waals surface area contributed by atoms with E-state index in [9.17, 15) is 19.7 Å². The zero-order valence-corrected chi connectivity index (χ0v) is 18.3. The van der Waals surface area contributed by atoms with E-state index in [1.807, 2.05) is 30.3 Å². The fourth-order valence-corrected chi connectivity index (χ4v) is 4.54. The molecule has 0 saturated carbocycles. The second kappa shape index (κ2) is 8.15. The molecule has 0 aliphatic carbocycles. The number of nitrogens with zero attached hydrogens (tertiary/aromatic N) is 3. The molecule has 8 nitrogen and oxygen atoms in total. The SMILES string of the molecule is O=C1[C@H]2[C@@H](ON(c3cccc([N+](=O)[O-])c3)[C@H]2c2ccccc2)C(=O)N1c1ccc(Cl)c(Cl)c1. The van der Waals surface area contributed by atoms with Crippen LogP contribution in [0.15, 0.2) is 72.8 Å². The van der Waals surface area contributed by atoms with Crippen molar-refractivity contribution >= 4 is 52.1 Å². The fourth-order valence-electron chi connectivity index (χ4n) is 4.25. The lowest BCUT2D eigenvalue weighted by Crippen LogP contribution is -2.37. The molecule has 0 N–H and O–H groups in total. The molecular formula is C23H15Cl2N3O5. The van der Waals surface area contributed by atoms with Gasteiger partial charge < -0.3 is 0 Å². The van der Waals surface area contributed by atoms with Gasteiger partial charge >= 0.3 is 0 Å². The summed E-state index contributed by atoms with van der Waals surface area (Å²) in [5.74, 6) is -1.86. The van der Waals surface area contributed by atoms with E-state index in [-0.39, 0.29) is 10.7 Å². The van der Waals surface area contributed by atoms with Crippen LogP contribution in [0.2, 0.25) is 10.0 Å². The minimum atomic E-state index is -1.10. The van der Waals surface area contributed by atoms with Crippen molar-refractivity contribution in [1.82, 2.24) is 0 Å². The highest BCUT2D eigenvalue weighted by molar-refractivity contribution is 6.42. The number of carbonyl (C=O) groups is 2. The molecule has 3 aromatic rings. The van der Waals surface area contributed by atoms with Gasteiger partial charge in [0.2, 0.25) is 5.91 Å². The number of non-ortho nitro benzene ring substituents is 1. The lowest BCUT2D eigenvalue weighted by atomic mass is 9.90. The Morgan fingerprint density at radius 2 is 1.61 bits per heavy atom. The van der Waals surface area contributed by atoms with Crippen LogP contribution in [0.25, 0.3) is 0 Å². The highest BCUT2D eigenvalue weighted by Crippen LogP contribution is 2.48. The van der Waals surface area contributed by atoms with Crippen LogP contribution in [-0.4, -0.2) is 22.8 Å². The third kappa shape index (κ3) is 3.52. The van der Waals surface area contributed by atoms with Crippen molar-refractivity contribution < 1.29 is 19.3 Å². The quantitative estimate of drug-likeness (QED) is 0.296. The van der Waals surface area contributed by atoms with Gasteiger partial charge in [-0.25, -0.2) is 9.96 Å². The molecule has 10 heteroatoms. The van der Waals surface area contributed by atoms with E-state index in [2.05, 4.69) is 0 Å². The van der Waals surface area contributed by atoms with E-state index in [1.165, 1.54) is 35.4 Å². The number of benzene rings is 3. The molecule has 2 aliphatic rings. The van der Waals surface area contributed by atoms with Crippen molar-refractivity contribution in [2.45, 2.75) is 12.1 Å². The normalized spacial score (nSPS) is 22.1. The number of nitro groups is 1. The number of nitro benzene ring substituents is 1. The summed E-state index contributed by atoms with van der Waals surface area (Å²) < 4.78 is 0. The number of rotatable bonds is 4. The Bertz CT molecular complexity index is 1290. The maximum atomic E-state index is 13.5. The average molecular weight is 484 g/mol. The number of hydrogen-bond donors (Lipinski definition) is 0. The van der Waals surface area contributed by atoms with Crippen LogP contribution in [0.1, 0.15) is 11.6 Å². The molecule has 166 valence electrons. The Kier molecular flexibility index (Phi) is 5.28. The first kappa shape index (κ1) is 21.4. The Hall–Kier alpha value is -3.46. The van der Waals surface area contributed by atoms with Gasteiger partial charge in [0.15, 0.2) is 6.10 Å². The van der Waals surface area contributed by atoms with Crippen LogP contribution in [-0.2, 0) is 14.4 Å². The van der Waals surface area contributed by atoms with Crippen molar-refractivity contribution in [2.75, 3.05) is 9.96 Å². The van der Waals surface area contributed by atoms with Crippen molar-refractivity contribution in [1.29, 1.82) is 0 Å². The monoisotopic (exact) mass is 483 g/mol. The summed E-state index contributed by atoms with van der Waals surface area (Å²) >= 11 is 12.1. The van der Waals surface area contributed by atoms with E-state index < -0.39 is 34.8 Å². The molecule has 3 aromatic carbocycles. The number of amides is 2. The second-order valence-corrected chi connectivity index (χ2v) is 8.43. The number of imide groups is 1. The molecule has 5 rings (SSSR count). The molecule has 3 atom stereocenters. The van der Waals surface area contributed by atoms with Gasteiger partial charge in [-0.05, 0) is 29.8 Å². The Balaban J connectivity index is 1.58. The van der Waals surface area contributed by atoms with Gasteiger partial charge in [-0.1, -0.05) is 59.6 Å². The Morgan fingerprint density at radius 3 is 2.30 bits per heavy atom. The molecule has 2 saturated heterocycles. The third-order valence-electron chi connectivity index (χ3n) is 5.71.